The van der Waals surface area contributed by atoms with Gasteiger partial charge < -0.3 is 10.3 Å². The van der Waals surface area contributed by atoms with E-state index in [4.69, 9.17) is 0 Å². The van der Waals surface area contributed by atoms with Crippen LogP contribution in [0.5, 0.6) is 0 Å². The highest BCUT2D eigenvalue weighted by Crippen LogP contribution is 2.33. The number of benzene rings is 1. The molecule has 0 bridgehead atoms. The SMILES string of the molecule is O=C1CC(c2ccc(Br)cc2)c2c(nc[nH]c2=O)N1. The molecule has 96 valence electrons. The normalized spacial score (nSPS) is 17.7. The van der Waals surface area contributed by atoms with E-state index in [0.717, 1.165) is 10.0 Å². The molecule has 1 atom stereocenters. The van der Waals surface area contributed by atoms with Crippen LogP contribution in [0.3, 0.4) is 0 Å². The summed E-state index contributed by atoms with van der Waals surface area (Å²) in [5, 5.41) is 2.63. The number of nitrogens with zero attached hydrogens (tertiary/aromatic N) is 1. The van der Waals surface area contributed by atoms with Crippen molar-refractivity contribution in [1.82, 2.24) is 9.97 Å². The minimum Gasteiger partial charge on any atom is -0.313 e. The zero-order valence-electron chi connectivity index (χ0n) is 9.81. The second kappa shape index (κ2) is 4.62. The van der Waals surface area contributed by atoms with Crippen molar-refractivity contribution in [3.8, 4) is 0 Å². The summed E-state index contributed by atoms with van der Waals surface area (Å²) in [5.41, 5.74) is 1.24. The maximum absolute atomic E-state index is 12.0. The minimum atomic E-state index is -0.255. The van der Waals surface area contributed by atoms with Gasteiger partial charge >= 0.3 is 0 Å². The molecule has 2 N–H and O–H groups in total. The molecule has 6 heteroatoms. The Hall–Kier alpha value is -1.95. The molecule has 3 rings (SSSR count). The first kappa shape index (κ1) is 12.1. The van der Waals surface area contributed by atoms with E-state index in [1.54, 1.807) is 0 Å². The van der Waals surface area contributed by atoms with E-state index in [2.05, 4.69) is 31.2 Å². The standard InChI is InChI=1S/C13H10BrN3O2/c14-8-3-1-7(2-4-8)9-5-10(18)17-12-11(9)13(19)16-6-15-12/h1-4,6,9H,5H2,(H2,15,16,17,18,19). The van der Waals surface area contributed by atoms with Crippen molar-refractivity contribution in [3.63, 3.8) is 0 Å². The van der Waals surface area contributed by atoms with E-state index >= 15 is 0 Å². The molecule has 0 spiro atoms. The molecule has 1 amide bonds. The monoisotopic (exact) mass is 319 g/mol. The van der Waals surface area contributed by atoms with Crippen molar-refractivity contribution in [2.75, 3.05) is 5.32 Å². The quantitative estimate of drug-likeness (QED) is 0.844. The van der Waals surface area contributed by atoms with Gasteiger partial charge in [-0.1, -0.05) is 28.1 Å². The molecule has 0 saturated heterocycles. The van der Waals surface area contributed by atoms with Gasteiger partial charge in [0.2, 0.25) is 5.91 Å². The number of aromatic amines is 1. The van der Waals surface area contributed by atoms with Crippen LogP contribution in [0.15, 0.2) is 39.9 Å². The first-order chi connectivity index (χ1) is 9.15. The fourth-order valence-corrected chi connectivity index (χ4v) is 2.55. The summed E-state index contributed by atoms with van der Waals surface area (Å²) in [6.07, 6.45) is 1.55. The third-order valence-electron chi connectivity index (χ3n) is 3.16. The van der Waals surface area contributed by atoms with E-state index in [0.29, 0.717) is 11.4 Å². The number of fused-ring (bicyclic) bond motifs is 1. The van der Waals surface area contributed by atoms with Crippen molar-refractivity contribution in [1.29, 1.82) is 0 Å². The molecule has 0 aliphatic carbocycles. The summed E-state index contributed by atoms with van der Waals surface area (Å²) < 4.78 is 0.955. The molecule has 1 aliphatic rings. The van der Waals surface area contributed by atoms with Gasteiger partial charge in [0.25, 0.3) is 5.56 Å². The summed E-state index contributed by atoms with van der Waals surface area (Å²) in [6.45, 7) is 0. The number of carbonyl (C=O) groups excluding carboxylic acids is 1. The number of H-pyrrole nitrogens is 1. The summed E-state index contributed by atoms with van der Waals surface area (Å²) in [7, 11) is 0. The predicted octanol–water partition coefficient (Wildman–Crippen LogP) is 2.01. The maximum Gasteiger partial charge on any atom is 0.256 e. The zero-order valence-corrected chi connectivity index (χ0v) is 11.4. The molecular weight excluding hydrogens is 310 g/mol. The molecule has 2 aromatic rings. The van der Waals surface area contributed by atoms with Gasteiger partial charge in [0.05, 0.1) is 11.9 Å². The first-order valence-corrected chi connectivity index (χ1v) is 6.57. The molecule has 1 aromatic heterocycles. The van der Waals surface area contributed by atoms with Gasteiger partial charge in [0.1, 0.15) is 5.82 Å². The van der Waals surface area contributed by atoms with Crippen molar-refractivity contribution < 1.29 is 4.79 Å². The van der Waals surface area contributed by atoms with Gasteiger partial charge in [-0.3, -0.25) is 9.59 Å². The molecule has 0 fully saturated rings. The van der Waals surface area contributed by atoms with Gasteiger partial charge in [-0.2, -0.15) is 0 Å². The van der Waals surface area contributed by atoms with Crippen LogP contribution in [0.4, 0.5) is 5.82 Å². The number of anilines is 1. The molecule has 1 aromatic carbocycles. The third-order valence-corrected chi connectivity index (χ3v) is 3.69. The van der Waals surface area contributed by atoms with Crippen LogP contribution in [0.25, 0.3) is 0 Å². The Morgan fingerprint density at radius 1 is 1.21 bits per heavy atom. The van der Waals surface area contributed by atoms with E-state index in [1.807, 2.05) is 24.3 Å². The summed E-state index contributed by atoms with van der Waals surface area (Å²) in [5.74, 6) is -0.0271. The fourth-order valence-electron chi connectivity index (χ4n) is 2.28. The van der Waals surface area contributed by atoms with Crippen molar-refractivity contribution in [2.24, 2.45) is 0 Å². The van der Waals surface area contributed by atoms with Gasteiger partial charge in [0.15, 0.2) is 0 Å². The average molecular weight is 320 g/mol. The van der Waals surface area contributed by atoms with Crippen LogP contribution >= 0.6 is 15.9 Å². The van der Waals surface area contributed by atoms with Crippen LogP contribution in [0.1, 0.15) is 23.5 Å². The van der Waals surface area contributed by atoms with Gasteiger partial charge in [-0.25, -0.2) is 4.98 Å². The predicted molar refractivity (Wildman–Crippen MR) is 74.1 cm³/mol. The van der Waals surface area contributed by atoms with Crippen molar-refractivity contribution in [2.45, 2.75) is 12.3 Å². The average Bonchev–Trinajstić information content (AvgIpc) is 2.38. The van der Waals surface area contributed by atoms with Crippen LogP contribution in [0.2, 0.25) is 0 Å². The van der Waals surface area contributed by atoms with E-state index < -0.39 is 0 Å². The first-order valence-electron chi connectivity index (χ1n) is 5.78. The molecule has 19 heavy (non-hydrogen) atoms. The van der Waals surface area contributed by atoms with Gasteiger partial charge in [-0.15, -0.1) is 0 Å². The highest BCUT2D eigenvalue weighted by Gasteiger charge is 2.29. The topological polar surface area (TPSA) is 74.8 Å². The number of rotatable bonds is 1. The molecule has 0 saturated carbocycles. The van der Waals surface area contributed by atoms with Crippen LogP contribution < -0.4 is 10.9 Å². The highest BCUT2D eigenvalue weighted by molar-refractivity contribution is 9.10. The number of hydrogen-bond donors (Lipinski definition) is 2. The lowest BCUT2D eigenvalue weighted by Crippen LogP contribution is -2.30. The van der Waals surface area contributed by atoms with E-state index in [-0.39, 0.29) is 23.8 Å². The largest absolute Gasteiger partial charge is 0.313 e. The van der Waals surface area contributed by atoms with Crippen LogP contribution in [-0.2, 0) is 4.79 Å². The molecule has 1 unspecified atom stereocenters. The van der Waals surface area contributed by atoms with Gasteiger partial charge in [-0.05, 0) is 17.7 Å². The minimum absolute atomic E-state index is 0.126. The highest BCUT2D eigenvalue weighted by atomic mass is 79.9. The molecule has 5 nitrogen and oxygen atoms in total. The summed E-state index contributed by atoms with van der Waals surface area (Å²) >= 11 is 3.37. The fraction of sp³-hybridized carbons (Fsp3) is 0.154. The Labute approximate surface area is 117 Å². The number of aromatic nitrogens is 2. The molecular formula is C13H10BrN3O2. The number of nitrogens with one attached hydrogen (secondary N) is 2. The number of amides is 1. The zero-order chi connectivity index (χ0) is 13.4. The Morgan fingerprint density at radius 3 is 2.68 bits per heavy atom. The lowest BCUT2D eigenvalue weighted by molar-refractivity contribution is -0.116. The summed E-state index contributed by atoms with van der Waals surface area (Å²) in [4.78, 5) is 30.3. The molecule has 2 heterocycles. The van der Waals surface area contributed by atoms with Crippen LogP contribution in [-0.4, -0.2) is 15.9 Å². The molecule has 1 aliphatic heterocycles. The van der Waals surface area contributed by atoms with Crippen molar-refractivity contribution >= 4 is 27.7 Å². The Kier molecular flexibility index (Phi) is 2.94. The summed E-state index contributed by atoms with van der Waals surface area (Å²) in [6, 6.07) is 7.60. The third kappa shape index (κ3) is 2.19. The number of hydrogen-bond acceptors (Lipinski definition) is 3. The van der Waals surface area contributed by atoms with E-state index in [9.17, 15) is 9.59 Å². The maximum atomic E-state index is 12.0. The Balaban J connectivity index is 2.15. The smallest absolute Gasteiger partial charge is 0.256 e. The second-order valence-corrected chi connectivity index (χ2v) is 5.27. The Bertz CT molecular complexity index is 694. The second-order valence-electron chi connectivity index (χ2n) is 4.35. The van der Waals surface area contributed by atoms with Gasteiger partial charge in [0, 0.05) is 16.8 Å². The lowest BCUT2D eigenvalue weighted by atomic mass is 9.87. The number of carbonyl (C=O) groups is 1. The number of halogens is 1. The molecule has 0 radical (unpaired) electrons. The van der Waals surface area contributed by atoms with E-state index in [1.165, 1.54) is 6.33 Å². The Morgan fingerprint density at radius 2 is 1.95 bits per heavy atom. The van der Waals surface area contributed by atoms with Crippen LogP contribution in [0, 0.1) is 0 Å². The van der Waals surface area contributed by atoms with Crippen molar-refractivity contribution in [3.05, 3.63) is 56.5 Å². The lowest BCUT2D eigenvalue weighted by Gasteiger charge is -2.23.